The predicted molar refractivity (Wildman–Crippen MR) is 121 cm³/mol. The van der Waals surface area contributed by atoms with Crippen LogP contribution < -0.4 is 5.32 Å². The molecule has 1 aliphatic rings. The first-order chi connectivity index (χ1) is 14.8. The van der Waals surface area contributed by atoms with Crippen LogP contribution in [0.15, 0.2) is 53.9 Å². The largest absolute Gasteiger partial charge is 0.343 e. The molecule has 0 aliphatic carbocycles. The number of carbonyl (C=O) groups excluding carboxylic acids is 2. The van der Waals surface area contributed by atoms with Crippen LogP contribution in [-0.2, 0) is 14.8 Å². The fourth-order valence-corrected chi connectivity index (χ4v) is 4.71. The van der Waals surface area contributed by atoms with Crippen molar-refractivity contribution in [2.45, 2.75) is 0 Å². The lowest BCUT2D eigenvalue weighted by molar-refractivity contribution is -0.131. The molecule has 1 fully saturated rings. The first kappa shape index (κ1) is 23.3. The van der Waals surface area contributed by atoms with E-state index >= 15 is 0 Å². The minimum absolute atomic E-state index is 0.185. The number of benzene rings is 2. The summed E-state index contributed by atoms with van der Waals surface area (Å²) < 4.78 is 26.4. The number of hydrogen-bond donors (Lipinski definition) is 1. The highest BCUT2D eigenvalue weighted by atomic mass is 35.5. The van der Waals surface area contributed by atoms with Crippen LogP contribution >= 0.6 is 23.2 Å². The van der Waals surface area contributed by atoms with Crippen molar-refractivity contribution in [1.82, 2.24) is 14.5 Å². The van der Waals surface area contributed by atoms with Crippen molar-refractivity contribution in [2.75, 3.05) is 32.7 Å². The van der Waals surface area contributed by atoms with Crippen LogP contribution in [0.4, 0.5) is 0 Å². The van der Waals surface area contributed by atoms with Crippen molar-refractivity contribution in [3.63, 3.8) is 0 Å². The van der Waals surface area contributed by atoms with Gasteiger partial charge in [-0.15, -0.1) is 0 Å². The molecule has 1 heterocycles. The molecule has 2 amide bonds. The van der Waals surface area contributed by atoms with Crippen molar-refractivity contribution < 1.29 is 18.0 Å². The Morgan fingerprint density at radius 3 is 2.32 bits per heavy atom. The Balaban J connectivity index is 1.50. The van der Waals surface area contributed by atoms with E-state index in [-0.39, 0.29) is 49.2 Å². The summed E-state index contributed by atoms with van der Waals surface area (Å²) in [6.07, 6.45) is 1.55. The molecule has 7 nitrogen and oxygen atoms in total. The SMILES string of the molecule is O=C(NCC(=O)N1CCN(S(=O)(=O)/C=C/c2ccccc2)CC1)c1ccc(Cl)cc1Cl. The van der Waals surface area contributed by atoms with Gasteiger partial charge in [0, 0.05) is 36.6 Å². The molecule has 0 radical (unpaired) electrons. The molecule has 0 saturated carbocycles. The summed E-state index contributed by atoms with van der Waals surface area (Å²) in [5.41, 5.74) is 1.01. The molecular formula is C21H21Cl2N3O4S. The van der Waals surface area contributed by atoms with Gasteiger partial charge in [0.15, 0.2) is 0 Å². The van der Waals surface area contributed by atoms with Gasteiger partial charge in [-0.3, -0.25) is 9.59 Å². The van der Waals surface area contributed by atoms with Crippen LogP contribution in [0, 0.1) is 0 Å². The minimum Gasteiger partial charge on any atom is -0.343 e. The molecule has 3 rings (SSSR count). The average molecular weight is 482 g/mol. The van der Waals surface area contributed by atoms with Gasteiger partial charge in [0.25, 0.3) is 5.91 Å². The number of amides is 2. The third-order valence-corrected chi connectivity index (χ3v) is 6.87. The van der Waals surface area contributed by atoms with Crippen LogP contribution in [-0.4, -0.2) is 62.2 Å². The maximum atomic E-state index is 12.5. The van der Waals surface area contributed by atoms with Gasteiger partial charge in [0.05, 0.1) is 17.1 Å². The number of halogens is 2. The third-order valence-electron chi connectivity index (χ3n) is 4.76. The summed E-state index contributed by atoms with van der Waals surface area (Å²) in [6, 6.07) is 13.6. The molecule has 1 saturated heterocycles. The Labute approximate surface area is 191 Å². The zero-order chi connectivity index (χ0) is 22.4. The van der Waals surface area contributed by atoms with Gasteiger partial charge in [-0.25, -0.2) is 8.42 Å². The van der Waals surface area contributed by atoms with Crippen LogP contribution in [0.3, 0.4) is 0 Å². The number of hydrogen-bond acceptors (Lipinski definition) is 4. The molecule has 0 spiro atoms. The Hall–Kier alpha value is -2.39. The maximum Gasteiger partial charge on any atom is 0.253 e. The predicted octanol–water partition coefficient (Wildman–Crippen LogP) is 2.87. The molecule has 2 aromatic rings. The van der Waals surface area contributed by atoms with E-state index in [1.54, 1.807) is 6.08 Å². The van der Waals surface area contributed by atoms with Gasteiger partial charge in [0.2, 0.25) is 15.9 Å². The minimum atomic E-state index is -3.58. The molecule has 1 N–H and O–H groups in total. The summed E-state index contributed by atoms with van der Waals surface area (Å²) >= 11 is 11.8. The van der Waals surface area contributed by atoms with Crippen molar-refractivity contribution in [2.24, 2.45) is 0 Å². The highest BCUT2D eigenvalue weighted by molar-refractivity contribution is 7.92. The van der Waals surface area contributed by atoms with Crippen LogP contribution in [0.1, 0.15) is 15.9 Å². The van der Waals surface area contributed by atoms with Crippen molar-refractivity contribution in [1.29, 1.82) is 0 Å². The molecule has 0 bridgehead atoms. The van der Waals surface area contributed by atoms with E-state index < -0.39 is 15.9 Å². The van der Waals surface area contributed by atoms with Crippen molar-refractivity contribution in [3.05, 3.63) is 75.1 Å². The highest BCUT2D eigenvalue weighted by Gasteiger charge is 2.27. The zero-order valence-corrected chi connectivity index (χ0v) is 18.8. The summed E-state index contributed by atoms with van der Waals surface area (Å²) in [7, 11) is -3.58. The summed E-state index contributed by atoms with van der Waals surface area (Å²) in [6.45, 7) is 0.649. The Morgan fingerprint density at radius 2 is 1.68 bits per heavy atom. The van der Waals surface area contributed by atoms with Gasteiger partial charge in [-0.1, -0.05) is 53.5 Å². The fourth-order valence-electron chi connectivity index (χ4n) is 3.04. The van der Waals surface area contributed by atoms with Gasteiger partial charge in [-0.2, -0.15) is 4.31 Å². The van der Waals surface area contributed by atoms with Gasteiger partial charge in [-0.05, 0) is 29.8 Å². The molecule has 0 unspecified atom stereocenters. The van der Waals surface area contributed by atoms with E-state index in [0.717, 1.165) is 5.56 Å². The lowest BCUT2D eigenvalue weighted by Gasteiger charge is -2.33. The van der Waals surface area contributed by atoms with Gasteiger partial charge in [0.1, 0.15) is 0 Å². The Morgan fingerprint density at radius 1 is 1.00 bits per heavy atom. The monoisotopic (exact) mass is 481 g/mol. The average Bonchev–Trinajstić information content (AvgIpc) is 2.77. The first-order valence-electron chi connectivity index (χ1n) is 9.50. The second-order valence-electron chi connectivity index (χ2n) is 6.85. The van der Waals surface area contributed by atoms with E-state index in [1.807, 2.05) is 30.3 Å². The molecule has 164 valence electrons. The zero-order valence-electron chi connectivity index (χ0n) is 16.5. The number of sulfonamides is 1. The number of nitrogens with one attached hydrogen (secondary N) is 1. The highest BCUT2D eigenvalue weighted by Crippen LogP contribution is 2.20. The fraction of sp³-hybridized carbons (Fsp3) is 0.238. The number of rotatable bonds is 6. The van der Waals surface area contributed by atoms with Crippen LogP contribution in [0.2, 0.25) is 10.0 Å². The second-order valence-corrected chi connectivity index (χ2v) is 9.51. The molecule has 10 heteroatoms. The molecule has 31 heavy (non-hydrogen) atoms. The standard InChI is InChI=1S/C21H21Cl2N3O4S/c22-17-6-7-18(19(23)14-17)21(28)24-15-20(27)25-9-11-26(12-10-25)31(29,30)13-8-16-4-2-1-3-5-16/h1-8,13-14H,9-12,15H2,(H,24,28)/b13-8+. The Bertz CT molecular complexity index is 1080. The normalized spacial score (nSPS) is 15.2. The van der Waals surface area contributed by atoms with Crippen molar-refractivity contribution in [3.8, 4) is 0 Å². The van der Waals surface area contributed by atoms with E-state index in [0.29, 0.717) is 5.02 Å². The number of carbonyl (C=O) groups is 2. The molecule has 0 atom stereocenters. The van der Waals surface area contributed by atoms with E-state index in [4.69, 9.17) is 23.2 Å². The molecule has 0 aromatic heterocycles. The van der Waals surface area contributed by atoms with E-state index in [9.17, 15) is 18.0 Å². The number of nitrogens with zero attached hydrogens (tertiary/aromatic N) is 2. The summed E-state index contributed by atoms with van der Waals surface area (Å²) in [5, 5.41) is 4.31. The van der Waals surface area contributed by atoms with E-state index in [2.05, 4.69) is 5.32 Å². The third kappa shape index (κ3) is 6.30. The summed E-state index contributed by atoms with van der Waals surface area (Å²) in [5.74, 6) is -0.780. The van der Waals surface area contributed by atoms with Crippen molar-refractivity contribution >= 4 is 51.1 Å². The number of piperazine rings is 1. The lowest BCUT2D eigenvalue weighted by Crippen LogP contribution is -2.52. The molecule has 1 aliphatic heterocycles. The quantitative estimate of drug-likeness (QED) is 0.686. The molecule has 2 aromatic carbocycles. The lowest BCUT2D eigenvalue weighted by atomic mass is 10.2. The van der Waals surface area contributed by atoms with E-state index in [1.165, 1.54) is 32.8 Å². The molecular weight excluding hydrogens is 461 g/mol. The maximum absolute atomic E-state index is 12.5. The first-order valence-corrected chi connectivity index (χ1v) is 11.8. The van der Waals surface area contributed by atoms with Gasteiger partial charge < -0.3 is 10.2 Å². The summed E-state index contributed by atoms with van der Waals surface area (Å²) in [4.78, 5) is 26.2. The Kier molecular flexibility index (Phi) is 7.72. The smallest absolute Gasteiger partial charge is 0.253 e. The van der Waals surface area contributed by atoms with Crippen LogP contribution in [0.5, 0.6) is 0 Å². The topological polar surface area (TPSA) is 86.8 Å². The van der Waals surface area contributed by atoms with Crippen LogP contribution in [0.25, 0.3) is 6.08 Å². The van der Waals surface area contributed by atoms with Gasteiger partial charge >= 0.3 is 0 Å². The second kappa shape index (κ2) is 10.3.